The van der Waals surface area contributed by atoms with Crippen molar-refractivity contribution in [1.82, 2.24) is 0 Å². The molecule has 0 saturated heterocycles. The Morgan fingerprint density at radius 3 is 2.94 bits per heavy atom. The fourth-order valence-electron chi connectivity index (χ4n) is 1.39. The van der Waals surface area contributed by atoms with Crippen molar-refractivity contribution in [3.05, 3.63) is 35.9 Å². The molecule has 1 aromatic rings. The van der Waals surface area contributed by atoms with Crippen molar-refractivity contribution in [3.63, 3.8) is 0 Å². The summed E-state index contributed by atoms with van der Waals surface area (Å²) < 4.78 is 5.01. The van der Waals surface area contributed by atoms with Gasteiger partial charge in [0.15, 0.2) is 0 Å². The molecule has 0 bridgehead atoms. The maximum Gasteiger partial charge on any atom is 0.308 e. The number of ether oxygens (including phenoxy) is 1. The van der Waals surface area contributed by atoms with E-state index in [1.807, 2.05) is 18.2 Å². The van der Waals surface area contributed by atoms with Crippen molar-refractivity contribution in [2.45, 2.75) is 33.1 Å². The van der Waals surface area contributed by atoms with Crippen LogP contribution in [-0.4, -0.2) is 5.97 Å². The van der Waals surface area contributed by atoms with Crippen molar-refractivity contribution in [3.8, 4) is 5.75 Å². The summed E-state index contributed by atoms with van der Waals surface area (Å²) in [5.74, 6) is 0.317. The van der Waals surface area contributed by atoms with Gasteiger partial charge in [-0.3, -0.25) is 4.79 Å². The molecule has 0 saturated carbocycles. The Bertz CT molecular complexity index is 367. The third kappa shape index (κ3) is 4.78. The second-order valence-electron chi connectivity index (χ2n) is 3.71. The Morgan fingerprint density at radius 2 is 2.25 bits per heavy atom. The summed E-state index contributed by atoms with van der Waals surface area (Å²) in [5, 5.41) is 0. The van der Waals surface area contributed by atoms with Gasteiger partial charge in [-0.2, -0.15) is 0 Å². The molecule has 0 aliphatic rings. The highest BCUT2D eigenvalue weighted by molar-refractivity contribution is 5.69. The van der Waals surface area contributed by atoms with Gasteiger partial charge in [0.1, 0.15) is 5.75 Å². The Morgan fingerprint density at radius 1 is 1.44 bits per heavy atom. The number of benzene rings is 1. The standard InChI is InChI=1S/C14H18O2/c1-3-4-5-6-8-13-9-7-10-14(11-13)16-12(2)15/h6-11H,3-5H2,1-2H3/b8-6-. The SMILES string of the molecule is CCCC/C=C\c1cccc(OC(C)=O)c1. The summed E-state index contributed by atoms with van der Waals surface area (Å²) in [5.41, 5.74) is 1.06. The van der Waals surface area contributed by atoms with E-state index in [-0.39, 0.29) is 5.97 Å². The van der Waals surface area contributed by atoms with E-state index in [9.17, 15) is 4.79 Å². The van der Waals surface area contributed by atoms with E-state index in [2.05, 4.69) is 19.1 Å². The van der Waals surface area contributed by atoms with Crippen LogP contribution >= 0.6 is 0 Å². The van der Waals surface area contributed by atoms with E-state index in [1.165, 1.54) is 19.8 Å². The Kier molecular flexibility index (Phi) is 5.34. The van der Waals surface area contributed by atoms with Crippen LogP contribution in [0, 0.1) is 0 Å². The predicted octanol–water partition coefficient (Wildman–Crippen LogP) is 3.82. The highest BCUT2D eigenvalue weighted by Gasteiger charge is 1.97. The first-order valence-corrected chi connectivity index (χ1v) is 5.67. The molecule has 1 aromatic carbocycles. The van der Waals surface area contributed by atoms with E-state index < -0.39 is 0 Å². The number of carbonyl (C=O) groups excluding carboxylic acids is 1. The summed E-state index contributed by atoms with van der Waals surface area (Å²) in [6, 6.07) is 7.53. The number of hydrogen-bond donors (Lipinski definition) is 0. The van der Waals surface area contributed by atoms with Gasteiger partial charge in [-0.05, 0) is 24.1 Å². The van der Waals surface area contributed by atoms with E-state index in [4.69, 9.17) is 4.74 Å². The lowest BCUT2D eigenvalue weighted by molar-refractivity contribution is -0.131. The molecule has 0 spiro atoms. The smallest absolute Gasteiger partial charge is 0.308 e. The van der Waals surface area contributed by atoms with Crippen LogP contribution in [-0.2, 0) is 4.79 Å². The highest BCUT2D eigenvalue weighted by Crippen LogP contribution is 2.15. The molecule has 0 N–H and O–H groups in total. The molecule has 1 rings (SSSR count). The van der Waals surface area contributed by atoms with Crippen molar-refractivity contribution < 1.29 is 9.53 Å². The van der Waals surface area contributed by atoms with Gasteiger partial charge in [0.05, 0.1) is 0 Å². The molecule has 0 radical (unpaired) electrons. The number of esters is 1. The molecule has 0 aliphatic heterocycles. The van der Waals surface area contributed by atoms with Gasteiger partial charge in [-0.25, -0.2) is 0 Å². The van der Waals surface area contributed by atoms with Gasteiger partial charge in [-0.1, -0.05) is 44.1 Å². The van der Waals surface area contributed by atoms with Crippen molar-refractivity contribution in [2.75, 3.05) is 0 Å². The topological polar surface area (TPSA) is 26.3 Å². The van der Waals surface area contributed by atoms with Gasteiger partial charge < -0.3 is 4.74 Å². The highest BCUT2D eigenvalue weighted by atomic mass is 16.5. The van der Waals surface area contributed by atoms with Crippen LogP contribution in [0.4, 0.5) is 0 Å². The Labute approximate surface area is 96.9 Å². The van der Waals surface area contributed by atoms with E-state index in [0.717, 1.165) is 12.0 Å². The zero-order valence-electron chi connectivity index (χ0n) is 9.90. The fourth-order valence-corrected chi connectivity index (χ4v) is 1.39. The lowest BCUT2D eigenvalue weighted by Gasteiger charge is -2.01. The lowest BCUT2D eigenvalue weighted by atomic mass is 10.1. The zero-order valence-corrected chi connectivity index (χ0v) is 9.90. The maximum absolute atomic E-state index is 10.8. The van der Waals surface area contributed by atoms with Crippen LogP contribution in [0.1, 0.15) is 38.7 Å². The fraction of sp³-hybridized carbons (Fsp3) is 0.357. The first-order valence-electron chi connectivity index (χ1n) is 5.67. The van der Waals surface area contributed by atoms with Crippen molar-refractivity contribution in [1.29, 1.82) is 0 Å². The van der Waals surface area contributed by atoms with Gasteiger partial charge in [0, 0.05) is 6.92 Å². The van der Waals surface area contributed by atoms with Crippen LogP contribution < -0.4 is 4.74 Å². The summed E-state index contributed by atoms with van der Waals surface area (Å²) in [4.78, 5) is 10.8. The third-order valence-electron chi connectivity index (χ3n) is 2.15. The van der Waals surface area contributed by atoms with Crippen LogP contribution in [0.3, 0.4) is 0 Å². The van der Waals surface area contributed by atoms with Crippen LogP contribution in [0.5, 0.6) is 5.75 Å². The zero-order chi connectivity index (χ0) is 11.8. The number of hydrogen-bond acceptors (Lipinski definition) is 2. The van der Waals surface area contributed by atoms with Gasteiger partial charge >= 0.3 is 5.97 Å². The maximum atomic E-state index is 10.8. The Hall–Kier alpha value is -1.57. The molecule has 0 fully saturated rings. The van der Waals surface area contributed by atoms with Gasteiger partial charge in [-0.15, -0.1) is 0 Å². The molecule has 0 atom stereocenters. The van der Waals surface area contributed by atoms with Gasteiger partial charge in [0.25, 0.3) is 0 Å². The lowest BCUT2D eigenvalue weighted by Crippen LogP contribution is -2.00. The quantitative estimate of drug-likeness (QED) is 0.426. The number of allylic oxidation sites excluding steroid dienone is 1. The average molecular weight is 218 g/mol. The van der Waals surface area contributed by atoms with Crippen LogP contribution in [0.15, 0.2) is 30.3 Å². The van der Waals surface area contributed by atoms with Crippen molar-refractivity contribution >= 4 is 12.0 Å². The van der Waals surface area contributed by atoms with Crippen molar-refractivity contribution in [2.24, 2.45) is 0 Å². The van der Waals surface area contributed by atoms with Crippen LogP contribution in [0.25, 0.3) is 6.08 Å². The second kappa shape index (κ2) is 6.83. The molecule has 0 heterocycles. The minimum Gasteiger partial charge on any atom is -0.427 e. The summed E-state index contributed by atoms with van der Waals surface area (Å²) in [6.45, 7) is 3.58. The molecule has 2 heteroatoms. The molecule has 0 aromatic heterocycles. The molecule has 16 heavy (non-hydrogen) atoms. The van der Waals surface area contributed by atoms with Crippen LogP contribution in [0.2, 0.25) is 0 Å². The summed E-state index contributed by atoms with van der Waals surface area (Å²) >= 11 is 0. The average Bonchev–Trinajstić information content (AvgIpc) is 2.24. The van der Waals surface area contributed by atoms with Gasteiger partial charge in [0.2, 0.25) is 0 Å². The molecule has 0 unspecified atom stereocenters. The first-order chi connectivity index (χ1) is 7.72. The molecule has 0 aliphatic carbocycles. The number of rotatable bonds is 5. The monoisotopic (exact) mass is 218 g/mol. The molecule has 0 amide bonds. The largest absolute Gasteiger partial charge is 0.427 e. The van der Waals surface area contributed by atoms with E-state index in [1.54, 1.807) is 6.07 Å². The third-order valence-corrected chi connectivity index (χ3v) is 2.15. The summed E-state index contributed by atoms with van der Waals surface area (Å²) in [6.07, 6.45) is 7.71. The predicted molar refractivity (Wildman–Crippen MR) is 66.3 cm³/mol. The number of carbonyl (C=O) groups is 1. The molecular weight excluding hydrogens is 200 g/mol. The minimum absolute atomic E-state index is 0.285. The first kappa shape index (κ1) is 12.5. The minimum atomic E-state index is -0.285. The van der Waals surface area contributed by atoms with E-state index in [0.29, 0.717) is 5.75 Å². The Balaban J connectivity index is 2.59. The molecule has 86 valence electrons. The molecular formula is C14H18O2. The summed E-state index contributed by atoms with van der Waals surface area (Å²) in [7, 11) is 0. The normalized spacial score (nSPS) is 10.6. The van der Waals surface area contributed by atoms with E-state index >= 15 is 0 Å². The second-order valence-corrected chi connectivity index (χ2v) is 3.71. The number of unbranched alkanes of at least 4 members (excludes halogenated alkanes) is 2. The molecule has 2 nitrogen and oxygen atoms in total.